The molecule has 3 aromatic rings. The van der Waals surface area contributed by atoms with Crippen LogP contribution in [-0.4, -0.2) is 19.3 Å². The Hall–Kier alpha value is -2.40. The van der Waals surface area contributed by atoms with Crippen molar-refractivity contribution in [3.8, 4) is 0 Å². The van der Waals surface area contributed by atoms with Crippen LogP contribution in [0.4, 0.5) is 0 Å². The average molecular weight is 269 g/mol. The van der Waals surface area contributed by atoms with Gasteiger partial charge in [0.1, 0.15) is 0 Å². The van der Waals surface area contributed by atoms with E-state index in [1.165, 1.54) is 9.08 Å². The molecule has 5 nitrogen and oxygen atoms in total. The summed E-state index contributed by atoms with van der Waals surface area (Å²) in [6, 6.07) is 13.0. The van der Waals surface area contributed by atoms with Gasteiger partial charge in [-0.25, -0.2) is 9.48 Å². The van der Waals surface area contributed by atoms with Crippen LogP contribution in [0.15, 0.2) is 53.5 Å². The Morgan fingerprint density at radius 1 is 1.20 bits per heavy atom. The SMILES string of the molecule is Cc1ccc(C(O)Cn2nc3ccccn3c2=O)cc1. The summed E-state index contributed by atoms with van der Waals surface area (Å²) < 4.78 is 2.75. The molecule has 1 unspecified atom stereocenters. The van der Waals surface area contributed by atoms with Crippen LogP contribution in [0.2, 0.25) is 0 Å². The van der Waals surface area contributed by atoms with Crippen molar-refractivity contribution in [2.75, 3.05) is 0 Å². The second-order valence-corrected chi connectivity index (χ2v) is 4.82. The number of aryl methyl sites for hydroxylation is 1. The molecular formula is C15H15N3O2. The van der Waals surface area contributed by atoms with E-state index in [0.717, 1.165) is 11.1 Å². The minimum atomic E-state index is -0.752. The first-order valence-corrected chi connectivity index (χ1v) is 6.44. The lowest BCUT2D eigenvalue weighted by atomic mass is 10.1. The molecule has 1 N–H and O–H groups in total. The molecule has 0 amide bonds. The Labute approximate surface area is 115 Å². The molecule has 2 aromatic heterocycles. The normalized spacial score (nSPS) is 12.7. The minimum Gasteiger partial charge on any atom is -0.386 e. The first kappa shape index (κ1) is 12.6. The van der Waals surface area contributed by atoms with E-state index in [4.69, 9.17) is 0 Å². The number of hydrogen-bond acceptors (Lipinski definition) is 3. The third-order valence-electron chi connectivity index (χ3n) is 3.30. The Morgan fingerprint density at radius 2 is 1.95 bits per heavy atom. The fourth-order valence-electron chi connectivity index (χ4n) is 2.14. The number of aliphatic hydroxyl groups excluding tert-OH is 1. The van der Waals surface area contributed by atoms with Gasteiger partial charge < -0.3 is 5.11 Å². The largest absolute Gasteiger partial charge is 0.386 e. The lowest BCUT2D eigenvalue weighted by Crippen LogP contribution is -2.24. The van der Waals surface area contributed by atoms with E-state index >= 15 is 0 Å². The van der Waals surface area contributed by atoms with Crippen molar-refractivity contribution in [1.29, 1.82) is 0 Å². The first-order valence-electron chi connectivity index (χ1n) is 6.44. The number of fused-ring (bicyclic) bond motifs is 1. The topological polar surface area (TPSA) is 59.5 Å². The van der Waals surface area contributed by atoms with Crippen LogP contribution in [0.5, 0.6) is 0 Å². The van der Waals surface area contributed by atoms with E-state index in [-0.39, 0.29) is 12.2 Å². The van der Waals surface area contributed by atoms with Gasteiger partial charge in [-0.2, -0.15) is 0 Å². The fourth-order valence-corrected chi connectivity index (χ4v) is 2.14. The number of aromatic nitrogens is 3. The maximum absolute atomic E-state index is 12.1. The zero-order valence-electron chi connectivity index (χ0n) is 11.1. The number of nitrogens with zero attached hydrogens (tertiary/aromatic N) is 3. The Bertz CT molecular complexity index is 787. The summed E-state index contributed by atoms with van der Waals surface area (Å²) in [7, 11) is 0. The Balaban J connectivity index is 1.91. The summed E-state index contributed by atoms with van der Waals surface area (Å²) in [5.74, 6) is 0. The van der Waals surface area contributed by atoms with Gasteiger partial charge in [-0.1, -0.05) is 35.9 Å². The minimum absolute atomic E-state index is 0.142. The van der Waals surface area contributed by atoms with Gasteiger partial charge in [0, 0.05) is 6.20 Å². The van der Waals surface area contributed by atoms with Crippen LogP contribution < -0.4 is 5.69 Å². The fraction of sp³-hybridized carbons (Fsp3) is 0.200. The third kappa shape index (κ3) is 2.23. The first-order chi connectivity index (χ1) is 9.65. The molecule has 1 atom stereocenters. The number of hydrogen-bond donors (Lipinski definition) is 1. The lowest BCUT2D eigenvalue weighted by molar-refractivity contribution is 0.150. The molecule has 0 radical (unpaired) electrons. The molecule has 1 aromatic carbocycles. The molecule has 20 heavy (non-hydrogen) atoms. The monoisotopic (exact) mass is 269 g/mol. The molecule has 0 saturated carbocycles. The molecule has 0 spiro atoms. The number of benzene rings is 1. The predicted molar refractivity (Wildman–Crippen MR) is 75.6 cm³/mol. The van der Waals surface area contributed by atoms with Crippen LogP contribution in [0, 0.1) is 6.92 Å². The van der Waals surface area contributed by atoms with Crippen LogP contribution in [0.3, 0.4) is 0 Å². The molecule has 102 valence electrons. The van der Waals surface area contributed by atoms with Gasteiger partial charge in [-0.3, -0.25) is 4.40 Å². The summed E-state index contributed by atoms with van der Waals surface area (Å²) in [6.07, 6.45) is 0.914. The van der Waals surface area contributed by atoms with Gasteiger partial charge in [-0.05, 0) is 24.6 Å². The highest BCUT2D eigenvalue weighted by Gasteiger charge is 2.12. The van der Waals surface area contributed by atoms with E-state index < -0.39 is 6.10 Å². The Morgan fingerprint density at radius 3 is 2.65 bits per heavy atom. The van der Waals surface area contributed by atoms with Crippen molar-refractivity contribution in [1.82, 2.24) is 14.2 Å². The van der Waals surface area contributed by atoms with Gasteiger partial charge in [-0.15, -0.1) is 5.10 Å². The van der Waals surface area contributed by atoms with Gasteiger partial charge >= 0.3 is 5.69 Å². The van der Waals surface area contributed by atoms with E-state index in [1.807, 2.05) is 37.3 Å². The van der Waals surface area contributed by atoms with Gasteiger partial charge in [0.05, 0.1) is 12.6 Å². The zero-order valence-corrected chi connectivity index (χ0v) is 11.1. The van der Waals surface area contributed by atoms with Crippen LogP contribution in [-0.2, 0) is 6.54 Å². The molecule has 5 heteroatoms. The molecule has 0 aliphatic carbocycles. The number of pyridine rings is 1. The molecule has 0 aliphatic rings. The number of rotatable bonds is 3. The van der Waals surface area contributed by atoms with Gasteiger partial charge in [0.2, 0.25) is 0 Å². The second kappa shape index (κ2) is 4.94. The maximum Gasteiger partial charge on any atom is 0.350 e. The summed E-state index contributed by atoms with van der Waals surface area (Å²) in [6.45, 7) is 2.13. The quantitative estimate of drug-likeness (QED) is 0.784. The smallest absolute Gasteiger partial charge is 0.350 e. The maximum atomic E-state index is 12.1. The molecular weight excluding hydrogens is 254 g/mol. The highest BCUT2D eigenvalue weighted by molar-refractivity contribution is 5.35. The van der Waals surface area contributed by atoms with E-state index in [2.05, 4.69) is 5.10 Å². The summed E-state index contributed by atoms with van der Waals surface area (Å²) in [5.41, 5.74) is 2.24. The van der Waals surface area contributed by atoms with Crippen LogP contribution in [0.25, 0.3) is 5.65 Å². The predicted octanol–water partition coefficient (Wildman–Crippen LogP) is 1.54. The molecule has 2 heterocycles. The van der Waals surface area contributed by atoms with Crippen LogP contribution >= 0.6 is 0 Å². The van der Waals surface area contributed by atoms with Crippen molar-refractivity contribution >= 4 is 5.65 Å². The van der Waals surface area contributed by atoms with Crippen molar-refractivity contribution in [3.63, 3.8) is 0 Å². The standard InChI is InChI=1S/C15H15N3O2/c1-11-5-7-12(8-6-11)13(19)10-18-15(20)17-9-3-2-4-14(17)16-18/h2-9,13,19H,10H2,1H3. The zero-order chi connectivity index (χ0) is 14.1. The lowest BCUT2D eigenvalue weighted by Gasteiger charge is -2.10. The van der Waals surface area contributed by atoms with Crippen molar-refractivity contribution in [2.45, 2.75) is 19.6 Å². The van der Waals surface area contributed by atoms with E-state index in [0.29, 0.717) is 5.65 Å². The van der Waals surface area contributed by atoms with Crippen molar-refractivity contribution in [2.24, 2.45) is 0 Å². The van der Waals surface area contributed by atoms with Gasteiger partial charge in [0.25, 0.3) is 0 Å². The molecule has 0 saturated heterocycles. The van der Waals surface area contributed by atoms with Crippen molar-refractivity contribution < 1.29 is 5.11 Å². The summed E-state index contributed by atoms with van der Waals surface area (Å²) in [5, 5.41) is 14.4. The molecule has 0 aliphatic heterocycles. The van der Waals surface area contributed by atoms with E-state index in [9.17, 15) is 9.90 Å². The van der Waals surface area contributed by atoms with Crippen molar-refractivity contribution in [3.05, 3.63) is 70.3 Å². The summed E-state index contributed by atoms with van der Waals surface area (Å²) in [4.78, 5) is 12.1. The molecule has 0 bridgehead atoms. The number of aliphatic hydroxyl groups is 1. The van der Waals surface area contributed by atoms with Gasteiger partial charge in [0.15, 0.2) is 5.65 Å². The Kier molecular flexibility index (Phi) is 3.12. The third-order valence-corrected chi connectivity index (χ3v) is 3.30. The van der Waals surface area contributed by atoms with Crippen LogP contribution in [0.1, 0.15) is 17.2 Å². The second-order valence-electron chi connectivity index (χ2n) is 4.82. The van der Waals surface area contributed by atoms with E-state index in [1.54, 1.807) is 18.3 Å². The molecule has 0 fully saturated rings. The highest BCUT2D eigenvalue weighted by Crippen LogP contribution is 2.14. The highest BCUT2D eigenvalue weighted by atomic mass is 16.3. The average Bonchev–Trinajstić information content (AvgIpc) is 2.77. The molecule has 3 rings (SSSR count). The summed E-state index contributed by atoms with van der Waals surface area (Å²) >= 11 is 0.